The maximum atomic E-state index is 11.8. The summed E-state index contributed by atoms with van der Waals surface area (Å²) in [6.45, 7) is 3.11. The fraction of sp³-hybridized carbons (Fsp3) is 0.333. The number of rotatable bonds is 9. The molecule has 0 fully saturated rings. The van der Waals surface area contributed by atoms with Crippen molar-refractivity contribution < 1.29 is 14.1 Å². The van der Waals surface area contributed by atoms with Gasteiger partial charge in [0.05, 0.1) is 28.9 Å². The molecule has 0 aliphatic carbocycles. The summed E-state index contributed by atoms with van der Waals surface area (Å²) >= 11 is 1.26. The fourth-order valence-electron chi connectivity index (χ4n) is 2.56. The summed E-state index contributed by atoms with van der Waals surface area (Å²) in [4.78, 5) is 27.9. The average Bonchev–Trinajstić information content (AvgIpc) is 3.25. The summed E-state index contributed by atoms with van der Waals surface area (Å²) in [6, 6.07) is 9.59. The van der Waals surface area contributed by atoms with Crippen LogP contribution in [0.15, 0.2) is 41.2 Å². The molecule has 142 valence electrons. The molecule has 8 nitrogen and oxygen atoms in total. The maximum Gasteiger partial charge on any atom is 0.235 e. The van der Waals surface area contributed by atoms with Gasteiger partial charge in [0, 0.05) is 19.2 Å². The third-order valence-corrected chi connectivity index (χ3v) is 4.72. The number of hydrogen-bond acceptors (Lipinski definition) is 6. The highest BCUT2D eigenvalue weighted by atomic mass is 32.2. The molecule has 0 unspecified atom stereocenters. The molecule has 0 atom stereocenters. The Labute approximate surface area is 160 Å². The normalized spacial score (nSPS) is 10.9. The minimum absolute atomic E-state index is 0.0828. The minimum atomic E-state index is -0.215. The van der Waals surface area contributed by atoms with Crippen LogP contribution in [0.5, 0.6) is 0 Å². The molecule has 0 saturated heterocycles. The van der Waals surface area contributed by atoms with E-state index in [1.807, 2.05) is 30.6 Å². The van der Waals surface area contributed by atoms with Gasteiger partial charge in [-0.2, -0.15) is 0 Å². The summed E-state index contributed by atoms with van der Waals surface area (Å²) in [7, 11) is 0. The quantitative estimate of drug-likeness (QED) is 0.546. The second kappa shape index (κ2) is 9.22. The molecule has 2 N–H and O–H groups in total. The molecule has 0 spiro atoms. The number of aromatic nitrogens is 3. The lowest BCUT2D eigenvalue weighted by atomic mass is 10.3. The molecule has 2 amide bonds. The lowest BCUT2D eigenvalue weighted by Gasteiger charge is -2.07. The molecule has 2 heterocycles. The Bertz CT molecular complexity index is 921. The van der Waals surface area contributed by atoms with Crippen LogP contribution in [0.25, 0.3) is 11.0 Å². The van der Waals surface area contributed by atoms with Gasteiger partial charge in [-0.05, 0) is 25.5 Å². The van der Waals surface area contributed by atoms with Crippen molar-refractivity contribution in [2.45, 2.75) is 19.9 Å². The molecule has 1 aromatic carbocycles. The van der Waals surface area contributed by atoms with Crippen molar-refractivity contribution in [2.24, 2.45) is 0 Å². The molecule has 3 aromatic rings. The lowest BCUT2D eigenvalue weighted by molar-refractivity contribution is -0.118. The van der Waals surface area contributed by atoms with Gasteiger partial charge in [0.15, 0.2) is 5.82 Å². The first-order chi connectivity index (χ1) is 13.1. The predicted molar refractivity (Wildman–Crippen MR) is 105 cm³/mol. The number of amides is 2. The number of thioether (sulfide) groups is 1. The zero-order chi connectivity index (χ0) is 19.1. The van der Waals surface area contributed by atoms with E-state index in [1.165, 1.54) is 11.8 Å². The first-order valence-electron chi connectivity index (χ1n) is 8.59. The number of hydrogen-bond donors (Lipinski definition) is 2. The Morgan fingerprint density at radius 1 is 1.22 bits per heavy atom. The molecular weight excluding hydrogens is 366 g/mol. The highest BCUT2D eigenvalue weighted by Crippen LogP contribution is 2.12. The Hall–Kier alpha value is -2.81. The highest BCUT2D eigenvalue weighted by molar-refractivity contribution is 8.00. The van der Waals surface area contributed by atoms with Crippen LogP contribution in [0.1, 0.15) is 12.2 Å². The van der Waals surface area contributed by atoms with Crippen molar-refractivity contribution in [3.8, 4) is 0 Å². The molecule has 0 saturated carbocycles. The van der Waals surface area contributed by atoms with Crippen LogP contribution in [0.4, 0.5) is 5.82 Å². The van der Waals surface area contributed by atoms with E-state index in [-0.39, 0.29) is 23.3 Å². The molecule has 9 heteroatoms. The van der Waals surface area contributed by atoms with E-state index in [0.29, 0.717) is 18.1 Å². The Kier molecular flexibility index (Phi) is 6.48. The standard InChI is InChI=1S/C18H21N5O3S/c1-13-9-16(22-26-13)21-18(25)11-27-10-17(24)19-7-4-8-23-12-20-14-5-2-3-6-15(14)23/h2-3,5-6,9,12H,4,7-8,10-11H2,1H3,(H,19,24)(H,21,22,25). The summed E-state index contributed by atoms with van der Waals surface area (Å²) in [5.41, 5.74) is 2.06. The van der Waals surface area contributed by atoms with Crippen LogP contribution in [0.3, 0.4) is 0 Å². The molecule has 27 heavy (non-hydrogen) atoms. The van der Waals surface area contributed by atoms with Crippen molar-refractivity contribution in [1.82, 2.24) is 20.0 Å². The van der Waals surface area contributed by atoms with Crippen LogP contribution in [0, 0.1) is 6.92 Å². The van der Waals surface area contributed by atoms with E-state index in [0.717, 1.165) is 24.0 Å². The van der Waals surface area contributed by atoms with Crippen molar-refractivity contribution in [1.29, 1.82) is 0 Å². The predicted octanol–water partition coefficient (Wildman–Crippen LogP) is 2.21. The second-order valence-corrected chi connectivity index (χ2v) is 6.98. The number of benzene rings is 1. The first kappa shape index (κ1) is 19.0. The van der Waals surface area contributed by atoms with Gasteiger partial charge in [0.1, 0.15) is 5.76 Å². The number of anilines is 1. The summed E-state index contributed by atoms with van der Waals surface area (Å²) in [6.07, 6.45) is 2.63. The van der Waals surface area contributed by atoms with E-state index in [2.05, 4.69) is 25.3 Å². The fourth-order valence-corrected chi connectivity index (χ4v) is 3.20. The number of fused-ring (bicyclic) bond motifs is 1. The third kappa shape index (κ3) is 5.58. The van der Waals surface area contributed by atoms with Crippen LogP contribution < -0.4 is 10.6 Å². The topological polar surface area (TPSA) is 102 Å². The van der Waals surface area contributed by atoms with Crippen molar-refractivity contribution in [2.75, 3.05) is 23.4 Å². The number of nitrogens with zero attached hydrogens (tertiary/aromatic N) is 3. The molecule has 0 radical (unpaired) electrons. The minimum Gasteiger partial charge on any atom is -0.360 e. The van der Waals surface area contributed by atoms with E-state index in [4.69, 9.17) is 4.52 Å². The summed E-state index contributed by atoms with van der Waals surface area (Å²) in [5.74, 6) is 1.13. The average molecular weight is 387 g/mol. The van der Waals surface area contributed by atoms with Crippen LogP contribution in [-0.4, -0.2) is 44.6 Å². The van der Waals surface area contributed by atoms with Crippen LogP contribution >= 0.6 is 11.8 Å². The van der Waals surface area contributed by atoms with Gasteiger partial charge in [-0.3, -0.25) is 9.59 Å². The summed E-state index contributed by atoms with van der Waals surface area (Å²) in [5, 5.41) is 9.17. The van der Waals surface area contributed by atoms with E-state index < -0.39 is 0 Å². The SMILES string of the molecule is Cc1cc(NC(=O)CSCC(=O)NCCCn2cnc3ccccc32)no1. The molecule has 0 aliphatic heterocycles. The number of nitrogens with one attached hydrogen (secondary N) is 2. The number of carbonyl (C=O) groups is 2. The number of aryl methyl sites for hydroxylation is 2. The molecule has 2 aromatic heterocycles. The second-order valence-electron chi connectivity index (χ2n) is 5.99. The monoisotopic (exact) mass is 387 g/mol. The smallest absolute Gasteiger partial charge is 0.235 e. The van der Waals surface area contributed by atoms with Crippen LogP contribution in [0.2, 0.25) is 0 Å². The number of carbonyl (C=O) groups excluding carboxylic acids is 2. The van der Waals surface area contributed by atoms with Gasteiger partial charge < -0.3 is 19.7 Å². The summed E-state index contributed by atoms with van der Waals surface area (Å²) < 4.78 is 6.95. The number of para-hydroxylation sites is 2. The van der Waals surface area contributed by atoms with Gasteiger partial charge >= 0.3 is 0 Å². The largest absolute Gasteiger partial charge is 0.360 e. The maximum absolute atomic E-state index is 11.8. The van der Waals surface area contributed by atoms with Gasteiger partial charge in [0.2, 0.25) is 11.8 Å². The molecule has 3 rings (SSSR count). The number of imidazole rings is 1. The lowest BCUT2D eigenvalue weighted by Crippen LogP contribution is -2.27. The third-order valence-electron chi connectivity index (χ3n) is 3.79. The van der Waals surface area contributed by atoms with Crippen molar-refractivity contribution in [3.05, 3.63) is 42.4 Å². The Morgan fingerprint density at radius 2 is 2.04 bits per heavy atom. The van der Waals surface area contributed by atoms with E-state index in [1.54, 1.807) is 13.0 Å². The van der Waals surface area contributed by atoms with Gasteiger partial charge in [-0.15, -0.1) is 11.8 Å². The van der Waals surface area contributed by atoms with Crippen molar-refractivity contribution >= 4 is 40.4 Å². The van der Waals surface area contributed by atoms with E-state index >= 15 is 0 Å². The van der Waals surface area contributed by atoms with Crippen LogP contribution in [-0.2, 0) is 16.1 Å². The van der Waals surface area contributed by atoms with Crippen molar-refractivity contribution in [3.63, 3.8) is 0 Å². The van der Waals surface area contributed by atoms with E-state index in [9.17, 15) is 9.59 Å². The van der Waals surface area contributed by atoms with Gasteiger partial charge in [0.25, 0.3) is 0 Å². The zero-order valence-corrected chi connectivity index (χ0v) is 15.8. The van der Waals surface area contributed by atoms with Gasteiger partial charge in [-0.25, -0.2) is 4.98 Å². The molecule has 0 aliphatic rings. The molecule has 0 bridgehead atoms. The first-order valence-corrected chi connectivity index (χ1v) is 9.75. The zero-order valence-electron chi connectivity index (χ0n) is 15.0. The molecular formula is C18H21N5O3S. The highest BCUT2D eigenvalue weighted by Gasteiger charge is 2.08. The Balaban J connectivity index is 1.29. The van der Waals surface area contributed by atoms with Gasteiger partial charge in [-0.1, -0.05) is 17.3 Å². The Morgan fingerprint density at radius 3 is 2.85 bits per heavy atom.